The second-order valence-corrected chi connectivity index (χ2v) is 10.7. The van der Waals surface area contributed by atoms with Gasteiger partial charge in [-0.15, -0.1) is 0 Å². The molecule has 3 aliphatic rings. The molecule has 0 saturated heterocycles. The Balaban J connectivity index is 1.23. The summed E-state index contributed by atoms with van der Waals surface area (Å²) in [5.74, 6) is -2.35. The number of benzene rings is 2. The quantitative estimate of drug-likeness (QED) is 0.468. The lowest BCUT2D eigenvalue weighted by Gasteiger charge is -2.33. The Bertz CT molecular complexity index is 1560. The number of rotatable bonds is 3. The van der Waals surface area contributed by atoms with Gasteiger partial charge in [0.1, 0.15) is 23.6 Å². The highest BCUT2D eigenvalue weighted by Gasteiger charge is 2.44. The predicted molar refractivity (Wildman–Crippen MR) is 142 cm³/mol. The summed E-state index contributed by atoms with van der Waals surface area (Å²) in [5.41, 5.74) is 3.40. The molecule has 0 unspecified atom stereocenters. The number of amides is 3. The van der Waals surface area contributed by atoms with Crippen LogP contribution in [0.5, 0.6) is 5.75 Å². The van der Waals surface area contributed by atoms with Crippen molar-refractivity contribution in [2.45, 2.75) is 38.1 Å². The monoisotopic (exact) mass is 587 g/mol. The van der Waals surface area contributed by atoms with Gasteiger partial charge in [0.05, 0.1) is 12.2 Å². The molecule has 3 aromatic rings. The van der Waals surface area contributed by atoms with Crippen molar-refractivity contribution in [2.24, 2.45) is 0 Å². The molecule has 4 heterocycles. The number of likely N-dealkylation sites (N-methyl/N-ethyl adjacent to an activating group) is 1. The van der Waals surface area contributed by atoms with Crippen molar-refractivity contribution in [1.82, 2.24) is 19.6 Å². The van der Waals surface area contributed by atoms with Crippen molar-refractivity contribution in [2.75, 3.05) is 31.6 Å². The van der Waals surface area contributed by atoms with E-state index in [9.17, 15) is 27.6 Å². The fourth-order valence-corrected chi connectivity index (χ4v) is 5.89. The molecule has 0 saturated carbocycles. The normalized spacial score (nSPS) is 18.9. The van der Waals surface area contributed by atoms with Crippen LogP contribution in [0.15, 0.2) is 42.5 Å². The molecule has 2 aromatic carbocycles. The molecule has 3 amide bonds. The van der Waals surface area contributed by atoms with Crippen LogP contribution in [0.3, 0.4) is 0 Å². The Labute approximate surface area is 238 Å². The van der Waals surface area contributed by atoms with Crippen LogP contribution >= 0.6 is 11.6 Å². The van der Waals surface area contributed by atoms with Gasteiger partial charge in [0.15, 0.2) is 5.69 Å². The number of fused-ring (bicyclic) bond motifs is 3. The van der Waals surface area contributed by atoms with Crippen LogP contribution in [0.25, 0.3) is 0 Å². The van der Waals surface area contributed by atoms with E-state index in [-0.39, 0.29) is 38.4 Å². The van der Waals surface area contributed by atoms with Crippen LogP contribution in [0.2, 0.25) is 5.15 Å². The maximum Gasteiger partial charge on any atom is 0.471 e. The maximum atomic E-state index is 13.6. The van der Waals surface area contributed by atoms with Gasteiger partial charge in [-0.2, -0.15) is 18.3 Å². The second kappa shape index (κ2) is 10.1. The molecule has 0 radical (unpaired) electrons. The Kier molecular flexibility index (Phi) is 6.68. The van der Waals surface area contributed by atoms with Gasteiger partial charge < -0.3 is 19.4 Å². The summed E-state index contributed by atoms with van der Waals surface area (Å²) in [6.45, 7) is 0.211. The number of carbonyl (C=O) groups is 3. The number of hydrogen-bond donors (Lipinski definition) is 0. The van der Waals surface area contributed by atoms with Gasteiger partial charge in [0, 0.05) is 32.2 Å². The predicted octanol–water partition coefficient (Wildman–Crippen LogP) is 3.45. The molecular formula is C28H25ClF3N5O4. The minimum absolute atomic E-state index is 0.0778. The smallest absolute Gasteiger partial charge is 0.471 e. The van der Waals surface area contributed by atoms with E-state index in [0.29, 0.717) is 40.7 Å². The van der Waals surface area contributed by atoms with Crippen molar-refractivity contribution in [3.05, 3.63) is 75.6 Å². The Hall–Kier alpha value is -4.06. The molecule has 6 rings (SSSR count). The Morgan fingerprint density at radius 1 is 1.10 bits per heavy atom. The van der Waals surface area contributed by atoms with E-state index in [0.717, 1.165) is 16.0 Å². The summed E-state index contributed by atoms with van der Waals surface area (Å²) in [4.78, 5) is 42.6. The van der Waals surface area contributed by atoms with Gasteiger partial charge in [-0.25, -0.2) is 4.68 Å². The largest absolute Gasteiger partial charge is 0.489 e. The molecule has 1 atom stereocenters. The van der Waals surface area contributed by atoms with Gasteiger partial charge >= 0.3 is 12.1 Å². The minimum Gasteiger partial charge on any atom is -0.489 e. The number of carbonyl (C=O) groups excluding carboxylic acids is 3. The number of nitrogens with zero attached hydrogens (tertiary/aromatic N) is 5. The lowest BCUT2D eigenvalue weighted by molar-refractivity contribution is -0.186. The third-order valence-electron chi connectivity index (χ3n) is 7.80. The Morgan fingerprint density at radius 2 is 1.85 bits per heavy atom. The van der Waals surface area contributed by atoms with E-state index < -0.39 is 29.9 Å². The SMILES string of the molecule is CN1C(=O)[C@@H](N2CCc3c(nn(Cc4ccccc4)c3Cl)C2=O)COc2cc3c(cc21)CN(C(=O)C(F)(F)F)CC3. The van der Waals surface area contributed by atoms with Crippen LogP contribution in [0.1, 0.15) is 32.7 Å². The first-order chi connectivity index (χ1) is 19.5. The van der Waals surface area contributed by atoms with E-state index in [1.807, 2.05) is 30.3 Å². The highest BCUT2D eigenvalue weighted by atomic mass is 35.5. The summed E-state index contributed by atoms with van der Waals surface area (Å²) in [5, 5.41) is 4.87. The lowest BCUT2D eigenvalue weighted by atomic mass is 9.98. The zero-order valence-corrected chi connectivity index (χ0v) is 22.7. The molecule has 13 heteroatoms. The molecule has 0 spiro atoms. The minimum atomic E-state index is -4.96. The van der Waals surface area contributed by atoms with E-state index in [1.54, 1.807) is 16.8 Å². The van der Waals surface area contributed by atoms with Gasteiger partial charge in [-0.1, -0.05) is 41.9 Å². The summed E-state index contributed by atoms with van der Waals surface area (Å²) in [7, 11) is 1.53. The highest BCUT2D eigenvalue weighted by Crippen LogP contribution is 2.38. The molecule has 0 bridgehead atoms. The Morgan fingerprint density at radius 3 is 2.59 bits per heavy atom. The van der Waals surface area contributed by atoms with Crippen LogP contribution in [0.4, 0.5) is 18.9 Å². The van der Waals surface area contributed by atoms with E-state index in [1.165, 1.54) is 16.8 Å². The third-order valence-corrected chi connectivity index (χ3v) is 8.22. The van der Waals surface area contributed by atoms with E-state index in [4.69, 9.17) is 16.3 Å². The van der Waals surface area contributed by atoms with Gasteiger partial charge in [-0.05, 0) is 41.7 Å². The number of anilines is 1. The van der Waals surface area contributed by atoms with Gasteiger partial charge in [0.2, 0.25) is 0 Å². The molecule has 9 nitrogen and oxygen atoms in total. The second-order valence-electron chi connectivity index (χ2n) is 10.3. The molecule has 0 fully saturated rings. The highest BCUT2D eigenvalue weighted by molar-refractivity contribution is 6.31. The van der Waals surface area contributed by atoms with Crippen LogP contribution in [-0.4, -0.2) is 76.3 Å². The molecule has 214 valence electrons. The first kappa shape index (κ1) is 27.1. The van der Waals surface area contributed by atoms with Crippen molar-refractivity contribution >= 4 is 35.0 Å². The zero-order valence-electron chi connectivity index (χ0n) is 21.9. The molecule has 1 aromatic heterocycles. The van der Waals surface area contributed by atoms with Crippen molar-refractivity contribution < 1.29 is 32.3 Å². The average molecular weight is 588 g/mol. The lowest BCUT2D eigenvalue weighted by Crippen LogP contribution is -2.54. The topological polar surface area (TPSA) is 88.0 Å². The summed E-state index contributed by atoms with van der Waals surface area (Å²) < 4.78 is 46.6. The molecular weight excluding hydrogens is 563 g/mol. The summed E-state index contributed by atoms with van der Waals surface area (Å²) >= 11 is 6.59. The van der Waals surface area contributed by atoms with Crippen LogP contribution in [-0.2, 0) is 35.5 Å². The molecule has 0 aliphatic carbocycles. The standard InChI is InChI=1S/C28H25ClF3N5O4/c1-34-20-11-18-14-35(27(40)28(30,31)32)9-7-17(18)12-22(20)41-15-21(25(34)38)36-10-8-19-23(26(36)39)33-37(24(19)29)13-16-5-3-2-4-6-16/h2-6,11-12,21H,7-10,13-15H2,1H3/t21-/m0/s1. The van der Waals surface area contributed by atoms with E-state index in [2.05, 4.69) is 5.10 Å². The maximum absolute atomic E-state index is 13.6. The number of alkyl halides is 3. The van der Waals surface area contributed by atoms with Gasteiger partial charge in [0.25, 0.3) is 11.8 Å². The number of halogens is 4. The van der Waals surface area contributed by atoms with Crippen LogP contribution < -0.4 is 9.64 Å². The number of aromatic nitrogens is 2. The van der Waals surface area contributed by atoms with Gasteiger partial charge in [-0.3, -0.25) is 14.4 Å². The van der Waals surface area contributed by atoms with Crippen molar-refractivity contribution in [3.63, 3.8) is 0 Å². The zero-order chi connectivity index (χ0) is 29.1. The molecule has 41 heavy (non-hydrogen) atoms. The number of ether oxygens (including phenoxy) is 1. The summed E-state index contributed by atoms with van der Waals surface area (Å²) in [6, 6.07) is 11.9. The average Bonchev–Trinajstić information content (AvgIpc) is 3.21. The fraction of sp³-hybridized carbons (Fsp3) is 0.357. The molecule has 0 N–H and O–H groups in total. The third kappa shape index (κ3) is 4.79. The first-order valence-corrected chi connectivity index (χ1v) is 13.4. The summed E-state index contributed by atoms with van der Waals surface area (Å²) in [6.07, 6.45) is -4.34. The van der Waals surface area contributed by atoms with E-state index >= 15 is 0 Å². The number of hydrogen-bond acceptors (Lipinski definition) is 5. The fourth-order valence-electron chi connectivity index (χ4n) is 5.61. The first-order valence-electron chi connectivity index (χ1n) is 13.0. The van der Waals surface area contributed by atoms with Crippen molar-refractivity contribution in [1.29, 1.82) is 0 Å². The molecule has 3 aliphatic heterocycles. The van der Waals surface area contributed by atoms with Crippen LogP contribution in [0, 0.1) is 0 Å². The van der Waals surface area contributed by atoms with Crippen molar-refractivity contribution in [3.8, 4) is 5.75 Å².